The standard InChI is InChI=1S/C12H15NOS/c1-7-2-5-11(15-7)12(14)9-6-8-3-4-10(9)13-8/h2,5,8-10,13H,3-4,6H2,1H3. The van der Waals surface area contributed by atoms with Gasteiger partial charge in [0.05, 0.1) is 4.88 Å². The van der Waals surface area contributed by atoms with Gasteiger partial charge in [0, 0.05) is 22.9 Å². The van der Waals surface area contributed by atoms with Crippen molar-refractivity contribution < 1.29 is 4.79 Å². The van der Waals surface area contributed by atoms with Gasteiger partial charge in [0.25, 0.3) is 0 Å². The summed E-state index contributed by atoms with van der Waals surface area (Å²) in [5, 5.41) is 3.52. The molecule has 80 valence electrons. The zero-order chi connectivity index (χ0) is 10.4. The molecule has 2 aliphatic rings. The van der Waals surface area contributed by atoms with E-state index >= 15 is 0 Å². The lowest BCUT2D eigenvalue weighted by molar-refractivity contribution is 0.0905. The third-order valence-corrected chi connectivity index (χ3v) is 4.64. The number of hydrogen-bond acceptors (Lipinski definition) is 3. The topological polar surface area (TPSA) is 29.1 Å². The number of carbonyl (C=O) groups is 1. The Labute approximate surface area is 93.7 Å². The smallest absolute Gasteiger partial charge is 0.177 e. The van der Waals surface area contributed by atoms with Crippen LogP contribution in [-0.2, 0) is 0 Å². The van der Waals surface area contributed by atoms with Gasteiger partial charge in [-0.2, -0.15) is 0 Å². The summed E-state index contributed by atoms with van der Waals surface area (Å²) >= 11 is 1.63. The second-order valence-corrected chi connectivity index (χ2v) is 5.95. The van der Waals surface area contributed by atoms with Crippen molar-refractivity contribution in [1.82, 2.24) is 5.32 Å². The summed E-state index contributed by atoms with van der Waals surface area (Å²) in [6.45, 7) is 2.06. The quantitative estimate of drug-likeness (QED) is 0.777. The summed E-state index contributed by atoms with van der Waals surface area (Å²) in [7, 11) is 0. The average Bonchev–Trinajstić information content (AvgIpc) is 2.90. The van der Waals surface area contributed by atoms with E-state index in [1.54, 1.807) is 11.3 Å². The van der Waals surface area contributed by atoms with Crippen LogP contribution in [0.4, 0.5) is 0 Å². The van der Waals surface area contributed by atoms with Gasteiger partial charge in [0.15, 0.2) is 5.78 Å². The molecule has 2 fully saturated rings. The number of aryl methyl sites for hydroxylation is 1. The Kier molecular flexibility index (Phi) is 2.18. The predicted molar refractivity (Wildman–Crippen MR) is 61.4 cm³/mol. The van der Waals surface area contributed by atoms with Crippen molar-refractivity contribution >= 4 is 17.1 Å². The fourth-order valence-corrected chi connectivity index (χ4v) is 3.73. The van der Waals surface area contributed by atoms with Gasteiger partial charge in [-0.25, -0.2) is 0 Å². The van der Waals surface area contributed by atoms with Crippen LogP contribution in [0.2, 0.25) is 0 Å². The van der Waals surface area contributed by atoms with Crippen LogP contribution in [-0.4, -0.2) is 17.9 Å². The number of fused-ring (bicyclic) bond motifs is 2. The van der Waals surface area contributed by atoms with E-state index in [0.717, 1.165) is 11.3 Å². The molecular formula is C12H15NOS. The molecule has 2 saturated heterocycles. The largest absolute Gasteiger partial charge is 0.310 e. The summed E-state index contributed by atoms with van der Waals surface area (Å²) < 4.78 is 0. The number of nitrogens with one attached hydrogen (secondary N) is 1. The predicted octanol–water partition coefficient (Wildman–Crippen LogP) is 2.38. The summed E-state index contributed by atoms with van der Waals surface area (Å²) in [4.78, 5) is 14.4. The van der Waals surface area contributed by atoms with Crippen LogP contribution in [0, 0.1) is 12.8 Å². The van der Waals surface area contributed by atoms with Crippen LogP contribution in [0.3, 0.4) is 0 Å². The Hall–Kier alpha value is -0.670. The van der Waals surface area contributed by atoms with Crippen molar-refractivity contribution in [2.24, 2.45) is 5.92 Å². The molecule has 3 heterocycles. The number of hydrogen-bond donors (Lipinski definition) is 1. The van der Waals surface area contributed by atoms with Crippen LogP contribution in [0.25, 0.3) is 0 Å². The number of Topliss-reactive ketones (excluding diaryl/α,β-unsaturated/α-hetero) is 1. The van der Waals surface area contributed by atoms with Gasteiger partial charge >= 0.3 is 0 Å². The van der Waals surface area contributed by atoms with E-state index in [1.807, 2.05) is 12.1 Å². The Morgan fingerprint density at radius 3 is 2.87 bits per heavy atom. The number of carbonyl (C=O) groups excluding carboxylic acids is 1. The van der Waals surface area contributed by atoms with E-state index in [0.29, 0.717) is 17.9 Å². The average molecular weight is 221 g/mol. The van der Waals surface area contributed by atoms with E-state index in [9.17, 15) is 4.79 Å². The van der Waals surface area contributed by atoms with Crippen molar-refractivity contribution in [3.8, 4) is 0 Å². The minimum atomic E-state index is 0.252. The Balaban J connectivity index is 1.81. The molecule has 1 aromatic rings. The van der Waals surface area contributed by atoms with Gasteiger partial charge in [-0.1, -0.05) is 0 Å². The molecule has 1 N–H and O–H groups in total. The number of rotatable bonds is 2. The van der Waals surface area contributed by atoms with Crippen LogP contribution in [0.15, 0.2) is 12.1 Å². The second-order valence-electron chi connectivity index (χ2n) is 4.66. The molecule has 3 heteroatoms. The van der Waals surface area contributed by atoms with Crippen LogP contribution in [0.1, 0.15) is 33.8 Å². The molecule has 1 aromatic heterocycles. The number of ketones is 1. The van der Waals surface area contributed by atoms with Crippen molar-refractivity contribution in [3.63, 3.8) is 0 Å². The molecule has 3 unspecified atom stereocenters. The highest BCUT2D eigenvalue weighted by atomic mass is 32.1. The maximum Gasteiger partial charge on any atom is 0.177 e. The van der Waals surface area contributed by atoms with Crippen molar-refractivity contribution in [2.45, 2.75) is 38.3 Å². The third kappa shape index (κ3) is 1.54. The normalized spacial score (nSPS) is 33.5. The van der Waals surface area contributed by atoms with Gasteiger partial charge < -0.3 is 5.32 Å². The molecule has 0 saturated carbocycles. The van der Waals surface area contributed by atoms with Gasteiger partial charge in [-0.3, -0.25) is 4.79 Å². The molecule has 2 aliphatic heterocycles. The fourth-order valence-electron chi connectivity index (χ4n) is 2.86. The zero-order valence-electron chi connectivity index (χ0n) is 8.82. The molecule has 3 atom stereocenters. The van der Waals surface area contributed by atoms with Crippen molar-refractivity contribution in [1.29, 1.82) is 0 Å². The van der Waals surface area contributed by atoms with E-state index < -0.39 is 0 Å². The summed E-state index contributed by atoms with van der Waals surface area (Å²) in [5.41, 5.74) is 0. The first-order chi connectivity index (χ1) is 7.24. The van der Waals surface area contributed by atoms with Crippen molar-refractivity contribution in [3.05, 3.63) is 21.9 Å². The molecule has 2 bridgehead atoms. The minimum Gasteiger partial charge on any atom is -0.310 e. The highest BCUT2D eigenvalue weighted by molar-refractivity contribution is 7.14. The summed E-state index contributed by atoms with van der Waals surface area (Å²) in [6, 6.07) is 5.10. The first-order valence-electron chi connectivity index (χ1n) is 5.61. The third-order valence-electron chi connectivity index (χ3n) is 3.62. The summed E-state index contributed by atoms with van der Waals surface area (Å²) in [5.74, 6) is 0.620. The van der Waals surface area contributed by atoms with E-state index in [1.165, 1.54) is 17.7 Å². The first kappa shape index (κ1) is 9.55. The van der Waals surface area contributed by atoms with Crippen LogP contribution < -0.4 is 5.32 Å². The summed E-state index contributed by atoms with van der Waals surface area (Å²) in [6.07, 6.45) is 3.50. The highest BCUT2D eigenvalue weighted by Gasteiger charge is 2.43. The molecule has 0 aliphatic carbocycles. The SMILES string of the molecule is Cc1ccc(C(=O)C2CC3CCC2N3)s1. The van der Waals surface area contributed by atoms with E-state index in [4.69, 9.17) is 0 Å². The van der Waals surface area contributed by atoms with Gasteiger partial charge in [-0.15, -0.1) is 11.3 Å². The molecule has 0 radical (unpaired) electrons. The first-order valence-corrected chi connectivity index (χ1v) is 6.42. The van der Waals surface area contributed by atoms with Crippen molar-refractivity contribution in [2.75, 3.05) is 0 Å². The molecule has 0 spiro atoms. The van der Waals surface area contributed by atoms with Crippen LogP contribution in [0.5, 0.6) is 0 Å². The lowest BCUT2D eigenvalue weighted by atomic mass is 9.85. The second kappa shape index (κ2) is 3.42. The van der Waals surface area contributed by atoms with E-state index in [-0.39, 0.29) is 5.92 Å². The molecule has 2 nitrogen and oxygen atoms in total. The van der Waals surface area contributed by atoms with Gasteiger partial charge in [0.2, 0.25) is 0 Å². The molecule has 0 amide bonds. The van der Waals surface area contributed by atoms with Crippen LogP contribution >= 0.6 is 11.3 Å². The maximum atomic E-state index is 12.2. The molecule has 3 rings (SSSR count). The maximum absolute atomic E-state index is 12.2. The lowest BCUT2D eigenvalue weighted by Crippen LogP contribution is -2.28. The Morgan fingerprint density at radius 2 is 2.33 bits per heavy atom. The lowest BCUT2D eigenvalue weighted by Gasteiger charge is -2.17. The molecule has 0 aromatic carbocycles. The fraction of sp³-hybridized carbons (Fsp3) is 0.583. The highest BCUT2D eigenvalue weighted by Crippen LogP contribution is 2.36. The molecule has 15 heavy (non-hydrogen) atoms. The van der Waals surface area contributed by atoms with Gasteiger partial charge in [0.1, 0.15) is 0 Å². The molecular weight excluding hydrogens is 206 g/mol. The van der Waals surface area contributed by atoms with E-state index in [2.05, 4.69) is 12.2 Å². The number of thiophene rings is 1. The monoisotopic (exact) mass is 221 g/mol. The Bertz CT molecular complexity index is 398. The van der Waals surface area contributed by atoms with Gasteiger partial charge in [-0.05, 0) is 38.3 Å². The zero-order valence-corrected chi connectivity index (χ0v) is 9.64. The minimum absolute atomic E-state index is 0.252. The Morgan fingerprint density at radius 1 is 1.47 bits per heavy atom.